The van der Waals surface area contributed by atoms with E-state index in [1.165, 1.54) is 0 Å². The summed E-state index contributed by atoms with van der Waals surface area (Å²) in [5.41, 5.74) is 0. The molecule has 1 N–H and O–H groups in total. The summed E-state index contributed by atoms with van der Waals surface area (Å²) in [6.07, 6.45) is 5.76. The third kappa shape index (κ3) is 3.36. The van der Waals surface area contributed by atoms with Crippen LogP contribution in [0.5, 0.6) is 0 Å². The molecule has 3 rings (SSSR count). The first-order chi connectivity index (χ1) is 10.3. The molecule has 0 amide bonds. The molecule has 0 aliphatic carbocycles. The van der Waals surface area contributed by atoms with Crippen LogP contribution in [0.4, 0.5) is 0 Å². The van der Waals surface area contributed by atoms with Crippen LogP contribution in [0, 0.1) is 5.92 Å². The number of aromatic nitrogens is 2. The number of imidazole rings is 1. The predicted octanol–water partition coefficient (Wildman–Crippen LogP) is 2.91. The average Bonchev–Trinajstić information content (AvgIpc) is 3.18. The first-order valence-corrected chi connectivity index (χ1v) is 8.59. The molecule has 114 valence electrons. The van der Waals surface area contributed by atoms with Crippen molar-refractivity contribution in [3.8, 4) is 0 Å². The fourth-order valence-electron chi connectivity index (χ4n) is 3.10. The minimum atomic E-state index is -0.287. The van der Waals surface area contributed by atoms with Crippen LogP contribution in [0.1, 0.15) is 36.6 Å². The van der Waals surface area contributed by atoms with Crippen molar-refractivity contribution in [3.05, 3.63) is 40.6 Å². The SMILES string of the molecule is CCn1ccnc1CN1CCC(C(O)c2cccs2)CC1. The van der Waals surface area contributed by atoms with E-state index >= 15 is 0 Å². The summed E-state index contributed by atoms with van der Waals surface area (Å²) in [6.45, 7) is 6.13. The van der Waals surface area contributed by atoms with Crippen LogP contribution in [-0.2, 0) is 13.1 Å². The maximum atomic E-state index is 10.4. The summed E-state index contributed by atoms with van der Waals surface area (Å²) < 4.78 is 2.20. The van der Waals surface area contributed by atoms with Crippen molar-refractivity contribution in [3.63, 3.8) is 0 Å². The van der Waals surface area contributed by atoms with Crippen molar-refractivity contribution < 1.29 is 5.11 Å². The van der Waals surface area contributed by atoms with Crippen LogP contribution in [0.25, 0.3) is 0 Å². The molecule has 0 bridgehead atoms. The van der Waals surface area contributed by atoms with Crippen molar-refractivity contribution in [1.82, 2.24) is 14.5 Å². The standard InChI is InChI=1S/C16H23N3OS/c1-2-19-10-7-17-15(19)12-18-8-5-13(6-9-18)16(20)14-4-3-11-21-14/h3-4,7,10-11,13,16,20H,2,5-6,8-9,12H2,1H3. The molecule has 1 saturated heterocycles. The van der Waals surface area contributed by atoms with Gasteiger partial charge in [0.15, 0.2) is 0 Å². The number of hydrogen-bond donors (Lipinski definition) is 1. The molecule has 1 aliphatic rings. The average molecular weight is 305 g/mol. The Kier molecular flexibility index (Phi) is 4.73. The van der Waals surface area contributed by atoms with Crippen LogP contribution >= 0.6 is 11.3 Å². The predicted molar refractivity (Wildman–Crippen MR) is 85.2 cm³/mol. The normalized spacial score (nSPS) is 19.0. The highest BCUT2D eigenvalue weighted by Gasteiger charge is 2.27. The minimum Gasteiger partial charge on any atom is -0.387 e. The molecule has 2 aromatic heterocycles. The third-order valence-electron chi connectivity index (χ3n) is 4.42. The first-order valence-electron chi connectivity index (χ1n) is 7.71. The topological polar surface area (TPSA) is 41.3 Å². The highest BCUT2D eigenvalue weighted by atomic mass is 32.1. The van der Waals surface area contributed by atoms with E-state index in [2.05, 4.69) is 21.4 Å². The zero-order valence-electron chi connectivity index (χ0n) is 12.5. The monoisotopic (exact) mass is 305 g/mol. The van der Waals surface area contributed by atoms with Gasteiger partial charge in [-0.1, -0.05) is 6.07 Å². The lowest BCUT2D eigenvalue weighted by Gasteiger charge is -2.33. The molecule has 3 heterocycles. The van der Waals surface area contributed by atoms with Gasteiger partial charge in [-0.3, -0.25) is 4.90 Å². The van der Waals surface area contributed by atoms with Crippen LogP contribution in [0.3, 0.4) is 0 Å². The second kappa shape index (κ2) is 6.73. The van der Waals surface area contributed by atoms with Crippen LogP contribution in [0.2, 0.25) is 0 Å². The molecule has 1 fully saturated rings. The van der Waals surface area contributed by atoms with E-state index in [1.54, 1.807) is 11.3 Å². The van der Waals surface area contributed by atoms with E-state index in [-0.39, 0.29) is 6.10 Å². The lowest BCUT2D eigenvalue weighted by atomic mass is 9.90. The largest absolute Gasteiger partial charge is 0.387 e. The van der Waals surface area contributed by atoms with Gasteiger partial charge >= 0.3 is 0 Å². The molecule has 0 radical (unpaired) electrons. The van der Waals surface area contributed by atoms with Crippen molar-refractivity contribution in [1.29, 1.82) is 0 Å². The molecule has 0 spiro atoms. The summed E-state index contributed by atoms with van der Waals surface area (Å²) in [7, 11) is 0. The molecule has 0 aromatic carbocycles. The second-order valence-corrected chi connectivity index (χ2v) is 6.68. The summed E-state index contributed by atoms with van der Waals surface area (Å²) >= 11 is 1.66. The van der Waals surface area contributed by atoms with Gasteiger partial charge < -0.3 is 9.67 Å². The van der Waals surface area contributed by atoms with Gasteiger partial charge in [0, 0.05) is 23.8 Å². The van der Waals surface area contributed by atoms with Crippen LogP contribution in [-0.4, -0.2) is 32.6 Å². The van der Waals surface area contributed by atoms with Crippen molar-refractivity contribution in [2.24, 2.45) is 5.92 Å². The van der Waals surface area contributed by atoms with Crippen LogP contribution < -0.4 is 0 Å². The van der Waals surface area contributed by atoms with Gasteiger partial charge in [-0.15, -0.1) is 11.3 Å². The fourth-order valence-corrected chi connectivity index (χ4v) is 3.90. The quantitative estimate of drug-likeness (QED) is 0.923. The Morgan fingerprint density at radius 3 is 2.90 bits per heavy atom. The highest BCUT2D eigenvalue weighted by molar-refractivity contribution is 7.10. The molecule has 21 heavy (non-hydrogen) atoms. The summed E-state index contributed by atoms with van der Waals surface area (Å²) in [5.74, 6) is 1.54. The Balaban J connectivity index is 1.53. The number of aliphatic hydroxyl groups is 1. The Morgan fingerprint density at radius 1 is 1.43 bits per heavy atom. The zero-order chi connectivity index (χ0) is 14.7. The first kappa shape index (κ1) is 14.8. The molecule has 1 aliphatic heterocycles. The molecule has 2 aromatic rings. The van der Waals surface area contributed by atoms with Gasteiger partial charge in [-0.05, 0) is 50.2 Å². The van der Waals surface area contributed by atoms with E-state index in [0.717, 1.165) is 49.7 Å². The number of rotatable bonds is 5. The maximum absolute atomic E-state index is 10.4. The summed E-state index contributed by atoms with van der Waals surface area (Å²) in [6, 6.07) is 4.06. The Hall–Kier alpha value is -1.17. The van der Waals surface area contributed by atoms with E-state index in [0.29, 0.717) is 5.92 Å². The number of aryl methyl sites for hydroxylation is 1. The Morgan fingerprint density at radius 2 is 2.24 bits per heavy atom. The number of aliphatic hydroxyl groups excluding tert-OH is 1. The molecular weight excluding hydrogens is 282 g/mol. The fraction of sp³-hybridized carbons (Fsp3) is 0.562. The van der Waals surface area contributed by atoms with E-state index in [1.807, 2.05) is 29.9 Å². The van der Waals surface area contributed by atoms with Gasteiger partial charge in [0.1, 0.15) is 5.82 Å². The summed E-state index contributed by atoms with van der Waals surface area (Å²) in [5, 5.41) is 12.5. The van der Waals surface area contributed by atoms with Gasteiger partial charge in [-0.25, -0.2) is 4.98 Å². The van der Waals surface area contributed by atoms with E-state index in [9.17, 15) is 5.11 Å². The van der Waals surface area contributed by atoms with Gasteiger partial charge in [0.2, 0.25) is 0 Å². The molecule has 4 nitrogen and oxygen atoms in total. The van der Waals surface area contributed by atoms with Crippen molar-refractivity contribution >= 4 is 11.3 Å². The molecular formula is C16H23N3OS. The summed E-state index contributed by atoms with van der Waals surface area (Å²) in [4.78, 5) is 8.01. The van der Waals surface area contributed by atoms with Gasteiger partial charge in [-0.2, -0.15) is 0 Å². The third-order valence-corrected chi connectivity index (χ3v) is 5.36. The minimum absolute atomic E-state index is 0.287. The lowest BCUT2D eigenvalue weighted by Crippen LogP contribution is -2.35. The van der Waals surface area contributed by atoms with E-state index < -0.39 is 0 Å². The Labute approximate surface area is 130 Å². The van der Waals surface area contributed by atoms with Crippen molar-refractivity contribution in [2.45, 2.75) is 39.0 Å². The molecule has 1 unspecified atom stereocenters. The van der Waals surface area contributed by atoms with E-state index in [4.69, 9.17) is 0 Å². The molecule has 1 atom stereocenters. The zero-order valence-corrected chi connectivity index (χ0v) is 13.3. The van der Waals surface area contributed by atoms with Gasteiger partial charge in [0.25, 0.3) is 0 Å². The molecule has 5 heteroatoms. The lowest BCUT2D eigenvalue weighted by molar-refractivity contribution is 0.0580. The number of likely N-dealkylation sites (tertiary alicyclic amines) is 1. The number of piperidine rings is 1. The maximum Gasteiger partial charge on any atom is 0.122 e. The number of thiophene rings is 1. The highest BCUT2D eigenvalue weighted by Crippen LogP contribution is 2.33. The molecule has 0 saturated carbocycles. The Bertz CT molecular complexity index is 544. The number of hydrogen-bond acceptors (Lipinski definition) is 4. The van der Waals surface area contributed by atoms with Crippen LogP contribution in [0.15, 0.2) is 29.9 Å². The number of nitrogens with zero attached hydrogens (tertiary/aromatic N) is 3. The second-order valence-electron chi connectivity index (χ2n) is 5.70. The van der Waals surface area contributed by atoms with Crippen molar-refractivity contribution in [2.75, 3.05) is 13.1 Å². The van der Waals surface area contributed by atoms with Gasteiger partial charge in [0.05, 0.1) is 12.6 Å². The smallest absolute Gasteiger partial charge is 0.122 e.